The highest BCUT2D eigenvalue weighted by Crippen LogP contribution is 2.33. The standard InChI is InChI=1S/C30H31F3N6O/c1-2-38-13-15-39(16-14-38)20-24-7-6-23(18-26(24)30(31,32)33)29(40)37-28-17-21(11-12-34-28)3-4-22-5-10-27(35-19-22)36-25-8-9-25/h5-7,10-12,17-19,25H,2,8-9,13-16,20H2,1H3,(H,35,36)(H,34,37,40). The summed E-state index contributed by atoms with van der Waals surface area (Å²) in [6.45, 7) is 6.26. The summed E-state index contributed by atoms with van der Waals surface area (Å²) in [4.78, 5) is 25.7. The van der Waals surface area contributed by atoms with Crippen LogP contribution in [0.15, 0.2) is 54.9 Å². The summed E-state index contributed by atoms with van der Waals surface area (Å²) in [5, 5.41) is 5.92. The minimum Gasteiger partial charge on any atom is -0.367 e. The lowest BCUT2D eigenvalue weighted by molar-refractivity contribution is -0.138. The molecule has 2 aromatic heterocycles. The lowest BCUT2D eigenvalue weighted by atomic mass is 10.0. The fourth-order valence-corrected chi connectivity index (χ4v) is 4.52. The van der Waals surface area contributed by atoms with Gasteiger partial charge in [0.25, 0.3) is 5.91 Å². The van der Waals surface area contributed by atoms with Crippen LogP contribution in [-0.2, 0) is 12.7 Å². The van der Waals surface area contributed by atoms with E-state index in [0.29, 0.717) is 24.7 Å². The van der Waals surface area contributed by atoms with Crippen LogP contribution in [0.25, 0.3) is 0 Å². The molecule has 1 aliphatic heterocycles. The average Bonchev–Trinajstić information content (AvgIpc) is 3.77. The monoisotopic (exact) mass is 548 g/mol. The first-order valence-corrected chi connectivity index (χ1v) is 13.4. The summed E-state index contributed by atoms with van der Waals surface area (Å²) in [7, 11) is 0. The highest BCUT2D eigenvalue weighted by Gasteiger charge is 2.34. The molecule has 1 saturated carbocycles. The van der Waals surface area contributed by atoms with E-state index in [1.807, 2.05) is 17.0 Å². The molecular weight excluding hydrogens is 517 g/mol. The Morgan fingerprint density at radius 2 is 1.70 bits per heavy atom. The second-order valence-electron chi connectivity index (χ2n) is 10.1. The molecule has 10 heteroatoms. The highest BCUT2D eigenvalue weighted by molar-refractivity contribution is 6.04. The summed E-state index contributed by atoms with van der Waals surface area (Å²) in [6, 6.07) is 11.3. The third-order valence-corrected chi connectivity index (χ3v) is 7.03. The molecule has 5 rings (SSSR count). The second kappa shape index (κ2) is 12.1. The van der Waals surface area contributed by atoms with E-state index in [2.05, 4.69) is 44.3 Å². The highest BCUT2D eigenvalue weighted by atomic mass is 19.4. The molecule has 40 heavy (non-hydrogen) atoms. The molecular formula is C30H31F3N6O. The first kappa shape index (κ1) is 27.6. The van der Waals surface area contributed by atoms with Crippen molar-refractivity contribution in [2.75, 3.05) is 43.4 Å². The molecule has 0 unspecified atom stereocenters. The minimum absolute atomic E-state index is 0.0869. The van der Waals surface area contributed by atoms with Gasteiger partial charge in [-0.2, -0.15) is 13.2 Å². The Morgan fingerprint density at radius 3 is 2.38 bits per heavy atom. The number of aromatic nitrogens is 2. The fraction of sp³-hybridized carbons (Fsp3) is 0.367. The number of anilines is 2. The molecule has 7 nitrogen and oxygen atoms in total. The maximum Gasteiger partial charge on any atom is 0.416 e. The number of pyridine rings is 2. The molecule has 0 spiro atoms. The van der Waals surface area contributed by atoms with Gasteiger partial charge < -0.3 is 15.5 Å². The SMILES string of the molecule is CCN1CCN(Cc2ccc(C(=O)Nc3cc(C#Cc4ccc(NC5CC5)nc4)ccn3)cc2C(F)(F)F)CC1. The van der Waals surface area contributed by atoms with Gasteiger partial charge in [0.15, 0.2) is 0 Å². The molecule has 1 saturated heterocycles. The first-order chi connectivity index (χ1) is 19.3. The van der Waals surface area contributed by atoms with Crippen LogP contribution in [0.5, 0.6) is 0 Å². The van der Waals surface area contributed by atoms with Gasteiger partial charge in [0.2, 0.25) is 0 Å². The van der Waals surface area contributed by atoms with Gasteiger partial charge in [-0.3, -0.25) is 9.69 Å². The Labute approximate surface area is 231 Å². The van der Waals surface area contributed by atoms with Crippen LogP contribution in [-0.4, -0.2) is 64.4 Å². The summed E-state index contributed by atoms with van der Waals surface area (Å²) in [5.74, 6) is 6.38. The third-order valence-electron chi connectivity index (χ3n) is 7.03. The van der Waals surface area contributed by atoms with Crippen molar-refractivity contribution in [2.45, 2.75) is 38.5 Å². The molecule has 2 fully saturated rings. The van der Waals surface area contributed by atoms with Crippen molar-refractivity contribution in [3.63, 3.8) is 0 Å². The van der Waals surface area contributed by atoms with Gasteiger partial charge in [0, 0.05) is 67.8 Å². The van der Waals surface area contributed by atoms with Crippen molar-refractivity contribution in [3.8, 4) is 11.8 Å². The zero-order valence-corrected chi connectivity index (χ0v) is 22.3. The molecule has 1 aromatic carbocycles. The molecule has 0 radical (unpaired) electrons. The fourth-order valence-electron chi connectivity index (χ4n) is 4.52. The molecule has 0 bridgehead atoms. The average molecular weight is 549 g/mol. The van der Waals surface area contributed by atoms with Crippen molar-refractivity contribution >= 4 is 17.5 Å². The number of carbonyl (C=O) groups excluding carboxylic acids is 1. The van der Waals surface area contributed by atoms with Crippen LogP contribution in [0.3, 0.4) is 0 Å². The zero-order valence-electron chi connectivity index (χ0n) is 22.3. The van der Waals surface area contributed by atoms with Crippen molar-refractivity contribution in [3.05, 3.63) is 82.7 Å². The summed E-state index contributed by atoms with van der Waals surface area (Å²) < 4.78 is 41.9. The Morgan fingerprint density at radius 1 is 0.950 bits per heavy atom. The van der Waals surface area contributed by atoms with Gasteiger partial charge in [-0.25, -0.2) is 9.97 Å². The van der Waals surface area contributed by atoms with Crippen molar-refractivity contribution in [1.82, 2.24) is 19.8 Å². The number of benzene rings is 1. The number of hydrogen-bond donors (Lipinski definition) is 2. The number of rotatable bonds is 7. The normalized spacial score (nSPS) is 16.2. The molecule has 0 atom stereocenters. The smallest absolute Gasteiger partial charge is 0.367 e. The molecule has 2 N–H and O–H groups in total. The predicted octanol–water partition coefficient (Wildman–Crippen LogP) is 4.86. The number of alkyl halides is 3. The van der Waals surface area contributed by atoms with E-state index in [0.717, 1.165) is 49.9 Å². The number of carbonyl (C=O) groups is 1. The molecule has 3 heterocycles. The van der Waals surface area contributed by atoms with Gasteiger partial charge in [-0.1, -0.05) is 24.8 Å². The third kappa shape index (κ3) is 7.37. The quantitative estimate of drug-likeness (QED) is 0.411. The van der Waals surface area contributed by atoms with Crippen LogP contribution >= 0.6 is 0 Å². The van der Waals surface area contributed by atoms with Gasteiger partial charge in [0.1, 0.15) is 11.6 Å². The van der Waals surface area contributed by atoms with E-state index in [1.165, 1.54) is 18.3 Å². The molecule has 3 aromatic rings. The molecule has 1 amide bonds. The Hall–Kier alpha value is -3.94. The second-order valence-corrected chi connectivity index (χ2v) is 10.1. The number of amides is 1. The maximum atomic E-state index is 14.0. The summed E-state index contributed by atoms with van der Waals surface area (Å²) >= 11 is 0. The predicted molar refractivity (Wildman–Crippen MR) is 148 cm³/mol. The van der Waals surface area contributed by atoms with E-state index in [9.17, 15) is 18.0 Å². The van der Waals surface area contributed by atoms with Crippen molar-refractivity contribution < 1.29 is 18.0 Å². The van der Waals surface area contributed by atoms with E-state index >= 15 is 0 Å². The van der Waals surface area contributed by atoms with E-state index in [1.54, 1.807) is 18.3 Å². The van der Waals surface area contributed by atoms with E-state index < -0.39 is 17.6 Å². The number of nitrogens with zero attached hydrogens (tertiary/aromatic N) is 4. The Bertz CT molecular complexity index is 1400. The number of nitrogens with one attached hydrogen (secondary N) is 2. The van der Waals surface area contributed by atoms with Crippen LogP contribution in [0.2, 0.25) is 0 Å². The molecule has 1 aliphatic carbocycles. The minimum atomic E-state index is -4.58. The van der Waals surface area contributed by atoms with Gasteiger partial charge in [0.05, 0.1) is 5.56 Å². The summed E-state index contributed by atoms with van der Waals surface area (Å²) in [6.07, 6.45) is 0.926. The molecule has 208 valence electrons. The summed E-state index contributed by atoms with van der Waals surface area (Å²) in [5.41, 5.74) is 0.611. The topological polar surface area (TPSA) is 73.4 Å². The number of likely N-dealkylation sites (N-methyl/N-ethyl adjacent to an activating group) is 1. The van der Waals surface area contributed by atoms with E-state index in [-0.39, 0.29) is 23.5 Å². The van der Waals surface area contributed by atoms with Crippen LogP contribution < -0.4 is 10.6 Å². The van der Waals surface area contributed by atoms with Crippen LogP contribution in [0.4, 0.5) is 24.8 Å². The maximum absolute atomic E-state index is 14.0. The van der Waals surface area contributed by atoms with Crippen LogP contribution in [0, 0.1) is 11.8 Å². The lowest BCUT2D eigenvalue weighted by Gasteiger charge is -2.34. The van der Waals surface area contributed by atoms with Crippen molar-refractivity contribution in [1.29, 1.82) is 0 Å². The first-order valence-electron chi connectivity index (χ1n) is 13.4. The Balaban J connectivity index is 1.25. The van der Waals surface area contributed by atoms with Crippen LogP contribution in [0.1, 0.15) is 52.4 Å². The number of hydrogen-bond acceptors (Lipinski definition) is 6. The van der Waals surface area contributed by atoms with Gasteiger partial charge in [-0.15, -0.1) is 0 Å². The van der Waals surface area contributed by atoms with Gasteiger partial charge >= 0.3 is 6.18 Å². The Kier molecular flexibility index (Phi) is 8.33. The largest absolute Gasteiger partial charge is 0.416 e. The number of halogens is 3. The van der Waals surface area contributed by atoms with Gasteiger partial charge in [-0.05, 0) is 61.3 Å². The van der Waals surface area contributed by atoms with Crippen molar-refractivity contribution in [2.24, 2.45) is 0 Å². The lowest BCUT2D eigenvalue weighted by Crippen LogP contribution is -2.45. The molecule has 2 aliphatic rings. The zero-order chi connectivity index (χ0) is 28.1. The van der Waals surface area contributed by atoms with E-state index in [4.69, 9.17) is 0 Å². The number of piperazine rings is 1.